The van der Waals surface area contributed by atoms with Crippen LogP contribution in [0.1, 0.15) is 106 Å². The summed E-state index contributed by atoms with van der Waals surface area (Å²) < 4.78 is 38.4. The van der Waals surface area contributed by atoms with Crippen molar-refractivity contribution in [2.45, 2.75) is 140 Å². The first kappa shape index (κ1) is 44.1. The number of nitrogens with zero attached hydrogens (tertiary/aromatic N) is 3. The third-order valence-electron chi connectivity index (χ3n) is 10.4. The van der Waals surface area contributed by atoms with E-state index in [2.05, 4.69) is 21.9 Å². The molecule has 55 heavy (non-hydrogen) atoms. The summed E-state index contributed by atoms with van der Waals surface area (Å²) in [4.78, 5) is 82.3. The van der Waals surface area contributed by atoms with Gasteiger partial charge in [-0.3, -0.25) is 23.9 Å². The van der Waals surface area contributed by atoms with Gasteiger partial charge in [0.2, 0.25) is 21.8 Å². The molecule has 3 aliphatic heterocycles. The third-order valence-corrected chi connectivity index (χ3v) is 12.4. The van der Waals surface area contributed by atoms with Crippen molar-refractivity contribution < 1.29 is 46.7 Å². The molecule has 310 valence electrons. The number of rotatable bonds is 9. The molecule has 3 heterocycles. The minimum atomic E-state index is -3.89. The van der Waals surface area contributed by atoms with Crippen molar-refractivity contribution in [2.75, 3.05) is 32.7 Å². The molecule has 2 aliphatic carbocycles. The lowest BCUT2D eigenvalue weighted by Gasteiger charge is -2.36. The molecule has 5 aliphatic rings. The van der Waals surface area contributed by atoms with E-state index in [0.717, 1.165) is 45.2 Å². The molecular formula is C37H59ClN6O10S. The molecule has 3 N–H and O–H groups in total. The van der Waals surface area contributed by atoms with Crippen LogP contribution >= 0.6 is 11.6 Å². The highest BCUT2D eigenvalue weighted by atomic mass is 35.5. The van der Waals surface area contributed by atoms with Gasteiger partial charge in [-0.15, -0.1) is 6.58 Å². The molecule has 0 bridgehead atoms. The largest absolute Gasteiger partial charge is 0.444 e. The SMILES string of the molecule is C=CC1C[C@]1(NC(=O)[C@@H]1C[C@@H](OC(=O)N2CCCCC2)CN1C(=O)[C@@H](NC(=O)OC(C)(C)C)C(C)(C)C)C(=O)NS(=O)(=O)C1CC1.O=C(Cl)N1CCCCC1. The fraction of sp³-hybridized carbons (Fsp3) is 0.784. The lowest BCUT2D eigenvalue weighted by atomic mass is 9.85. The second kappa shape index (κ2) is 17.7. The minimum Gasteiger partial charge on any atom is -0.444 e. The maximum Gasteiger partial charge on any atom is 0.410 e. The lowest BCUT2D eigenvalue weighted by Crippen LogP contribution is -2.60. The number of piperidine rings is 2. The molecular weight excluding hydrogens is 756 g/mol. The molecule has 5 rings (SSSR count). The van der Waals surface area contributed by atoms with Gasteiger partial charge in [0.05, 0.1) is 11.8 Å². The van der Waals surface area contributed by atoms with Crippen LogP contribution in [0.15, 0.2) is 12.7 Å². The monoisotopic (exact) mass is 814 g/mol. The highest BCUT2D eigenvalue weighted by Crippen LogP contribution is 2.45. The average Bonchev–Trinajstić information content (AvgIpc) is 4.03. The predicted molar refractivity (Wildman–Crippen MR) is 204 cm³/mol. The Kier molecular flexibility index (Phi) is 14.2. The van der Waals surface area contributed by atoms with E-state index in [1.807, 2.05) is 0 Å². The summed E-state index contributed by atoms with van der Waals surface area (Å²) in [5, 5.41) is 4.43. The summed E-state index contributed by atoms with van der Waals surface area (Å²) in [5.74, 6) is -2.69. The van der Waals surface area contributed by atoms with Crippen LogP contribution < -0.4 is 15.4 Å². The number of hydrogen-bond acceptors (Lipinski definition) is 10. The Morgan fingerprint density at radius 1 is 0.891 bits per heavy atom. The zero-order chi connectivity index (χ0) is 40.9. The Labute approximate surface area is 329 Å². The van der Waals surface area contributed by atoms with E-state index in [0.29, 0.717) is 25.9 Å². The summed E-state index contributed by atoms with van der Waals surface area (Å²) >= 11 is 5.24. The first-order valence-corrected chi connectivity index (χ1v) is 21.2. The highest BCUT2D eigenvalue weighted by Gasteiger charge is 2.62. The Morgan fingerprint density at radius 2 is 1.45 bits per heavy atom. The first-order chi connectivity index (χ1) is 25.6. The summed E-state index contributed by atoms with van der Waals surface area (Å²) in [6.07, 6.45) is 6.44. The van der Waals surface area contributed by atoms with Gasteiger partial charge in [0, 0.05) is 38.5 Å². The number of carbonyl (C=O) groups excluding carboxylic acids is 6. The molecule has 0 aromatic carbocycles. The molecule has 5 atom stereocenters. The molecule has 2 saturated carbocycles. The molecule has 0 aromatic heterocycles. The van der Waals surface area contributed by atoms with Crippen LogP contribution in [0, 0.1) is 11.3 Å². The van der Waals surface area contributed by atoms with Crippen LogP contribution in [0.25, 0.3) is 0 Å². The number of halogens is 1. The lowest BCUT2D eigenvalue weighted by molar-refractivity contribution is -0.143. The fourth-order valence-electron chi connectivity index (χ4n) is 7.00. The van der Waals surface area contributed by atoms with Crippen LogP contribution in [0.2, 0.25) is 0 Å². The van der Waals surface area contributed by atoms with Gasteiger partial charge in [0.15, 0.2) is 0 Å². The Morgan fingerprint density at radius 3 is 1.91 bits per heavy atom. The van der Waals surface area contributed by atoms with E-state index in [4.69, 9.17) is 21.1 Å². The molecule has 0 spiro atoms. The number of amides is 6. The van der Waals surface area contributed by atoms with Gasteiger partial charge in [-0.05, 0) is 95.6 Å². The van der Waals surface area contributed by atoms with Gasteiger partial charge in [-0.25, -0.2) is 18.0 Å². The van der Waals surface area contributed by atoms with Gasteiger partial charge in [-0.2, -0.15) is 0 Å². The van der Waals surface area contributed by atoms with Crippen LogP contribution in [-0.2, 0) is 33.9 Å². The van der Waals surface area contributed by atoms with Crippen molar-refractivity contribution in [3.63, 3.8) is 0 Å². The third kappa shape index (κ3) is 11.9. The van der Waals surface area contributed by atoms with Crippen LogP contribution in [-0.4, -0.2) is 126 Å². The highest BCUT2D eigenvalue weighted by molar-refractivity contribution is 7.91. The molecule has 3 saturated heterocycles. The van der Waals surface area contributed by atoms with E-state index in [1.165, 1.54) is 17.4 Å². The molecule has 1 unspecified atom stereocenters. The van der Waals surface area contributed by atoms with Gasteiger partial charge in [-0.1, -0.05) is 26.8 Å². The van der Waals surface area contributed by atoms with Crippen molar-refractivity contribution in [1.29, 1.82) is 0 Å². The van der Waals surface area contributed by atoms with Crippen molar-refractivity contribution in [2.24, 2.45) is 11.3 Å². The second-order valence-electron chi connectivity index (χ2n) is 17.2. The van der Waals surface area contributed by atoms with E-state index < -0.39 is 85.8 Å². The van der Waals surface area contributed by atoms with Crippen LogP contribution in [0.5, 0.6) is 0 Å². The van der Waals surface area contributed by atoms with Gasteiger partial charge < -0.3 is 34.8 Å². The molecule has 16 nitrogen and oxygen atoms in total. The van der Waals surface area contributed by atoms with E-state index in [-0.39, 0.29) is 24.8 Å². The summed E-state index contributed by atoms with van der Waals surface area (Å²) in [6.45, 7) is 16.7. The molecule has 5 fully saturated rings. The topological polar surface area (TPSA) is 201 Å². The van der Waals surface area contributed by atoms with Gasteiger partial charge >= 0.3 is 17.6 Å². The minimum absolute atomic E-state index is 0.0583. The zero-order valence-electron chi connectivity index (χ0n) is 33.0. The molecule has 0 aromatic rings. The number of alkyl carbamates (subject to hydrolysis) is 1. The normalized spacial score (nSPS) is 26.0. The van der Waals surface area contributed by atoms with Crippen molar-refractivity contribution >= 4 is 56.9 Å². The number of likely N-dealkylation sites (tertiary alicyclic amines) is 3. The quantitative estimate of drug-likeness (QED) is 0.174. The average molecular weight is 815 g/mol. The summed E-state index contributed by atoms with van der Waals surface area (Å²) in [7, 11) is -3.89. The summed E-state index contributed by atoms with van der Waals surface area (Å²) in [5.41, 5.74) is -3.20. The summed E-state index contributed by atoms with van der Waals surface area (Å²) in [6, 6.07) is -2.32. The number of ether oxygens (including phenoxy) is 2. The van der Waals surface area contributed by atoms with Gasteiger partial charge in [0.25, 0.3) is 5.91 Å². The van der Waals surface area contributed by atoms with E-state index in [1.54, 1.807) is 51.3 Å². The first-order valence-electron chi connectivity index (χ1n) is 19.3. The van der Waals surface area contributed by atoms with Crippen LogP contribution in [0.4, 0.5) is 14.4 Å². The fourth-order valence-corrected chi connectivity index (χ4v) is 8.53. The van der Waals surface area contributed by atoms with Gasteiger partial charge in [0.1, 0.15) is 29.3 Å². The maximum atomic E-state index is 14.2. The Bertz CT molecular complexity index is 1580. The maximum absolute atomic E-state index is 14.2. The number of nitrogens with one attached hydrogen (secondary N) is 3. The second-order valence-corrected chi connectivity index (χ2v) is 19.5. The number of carbonyl (C=O) groups is 6. The van der Waals surface area contributed by atoms with Crippen molar-refractivity contribution in [1.82, 2.24) is 30.1 Å². The van der Waals surface area contributed by atoms with E-state index >= 15 is 0 Å². The molecule has 18 heteroatoms. The molecule has 6 amide bonds. The Hall–Kier alpha value is -3.60. The number of sulfonamides is 1. The standard InChI is InChI=1S/C31H49N5O9S.C6H10ClNO/c1-8-19-17-31(19,26(39)34-46(42,43)21-12-13-21)33-24(37)22-16-20(44-28(41)35-14-10-9-11-15-35)18-36(22)25(38)23(29(2,3)4)32-27(40)45-30(5,6)7;7-6(9)8-4-2-1-3-5-8/h8,19-23H,1,9-18H2,2-7H3,(H,32,40)(H,33,37)(H,34,39);1-5H2/t19?,20-,22+,23-,31-;/m1./s1. The van der Waals surface area contributed by atoms with Crippen LogP contribution in [0.3, 0.4) is 0 Å². The molecule has 0 radical (unpaired) electrons. The van der Waals surface area contributed by atoms with E-state index in [9.17, 15) is 37.2 Å². The Balaban J connectivity index is 0.000000654. The number of hydrogen-bond donors (Lipinski definition) is 3. The zero-order valence-corrected chi connectivity index (χ0v) is 34.6. The predicted octanol–water partition coefficient (Wildman–Crippen LogP) is 4.02. The smallest absolute Gasteiger partial charge is 0.410 e. The van der Waals surface area contributed by atoms with Crippen molar-refractivity contribution in [3.05, 3.63) is 12.7 Å². The van der Waals surface area contributed by atoms with Crippen molar-refractivity contribution in [3.8, 4) is 0 Å².